The maximum atomic E-state index is 11.4. The quantitative estimate of drug-likeness (QED) is 0.587. The molecule has 0 aromatic heterocycles. The van der Waals surface area contributed by atoms with Crippen LogP contribution in [0.5, 0.6) is 0 Å². The number of thioether (sulfide) groups is 1. The Hall–Kier alpha value is -1.55. The molecule has 3 heteroatoms. The summed E-state index contributed by atoms with van der Waals surface area (Å²) in [6.45, 7) is 0. The molecule has 1 nitrogen and oxygen atoms in total. The minimum absolute atomic E-state index is 0.558. The first-order valence-electron chi connectivity index (χ1n) is 7.40. The lowest BCUT2D eigenvalue weighted by atomic mass is 9.88. The van der Waals surface area contributed by atoms with Crippen molar-refractivity contribution >= 4 is 27.7 Å². The van der Waals surface area contributed by atoms with Gasteiger partial charge in [-0.1, -0.05) is 76.6 Å². The molecule has 1 N–H and O–H groups in total. The van der Waals surface area contributed by atoms with Crippen LogP contribution in [0, 0.1) is 0 Å². The lowest BCUT2D eigenvalue weighted by Crippen LogP contribution is -2.30. The van der Waals surface area contributed by atoms with Crippen LogP contribution >= 0.6 is 27.7 Å². The van der Waals surface area contributed by atoms with E-state index in [2.05, 4.69) is 28.1 Å². The monoisotopic (exact) mass is 384 g/mol. The standard InChI is InChI=1S/C20H17BrOS/c21-18-11-13-19(14-12-18)23-15-20(22,16-7-3-1-4-8-16)17-9-5-2-6-10-17/h1-14,22H,15H2. The van der Waals surface area contributed by atoms with E-state index in [1.165, 1.54) is 0 Å². The topological polar surface area (TPSA) is 20.2 Å². The minimum Gasteiger partial charge on any atom is -0.380 e. The zero-order chi connectivity index (χ0) is 16.1. The molecule has 0 spiro atoms. The fraction of sp³-hybridized carbons (Fsp3) is 0.100. The molecule has 116 valence electrons. The maximum absolute atomic E-state index is 11.4. The van der Waals surface area contributed by atoms with E-state index in [-0.39, 0.29) is 0 Å². The van der Waals surface area contributed by atoms with Crippen LogP contribution in [0.3, 0.4) is 0 Å². The van der Waals surface area contributed by atoms with Gasteiger partial charge in [-0.05, 0) is 35.4 Å². The van der Waals surface area contributed by atoms with Gasteiger partial charge in [-0.25, -0.2) is 0 Å². The van der Waals surface area contributed by atoms with Gasteiger partial charge in [0, 0.05) is 15.1 Å². The van der Waals surface area contributed by atoms with Crippen molar-refractivity contribution in [3.63, 3.8) is 0 Å². The molecule has 3 aromatic rings. The average Bonchev–Trinajstić information content (AvgIpc) is 2.62. The summed E-state index contributed by atoms with van der Waals surface area (Å²) in [5.74, 6) is 0.558. The molecule has 0 aliphatic rings. The molecule has 0 saturated heterocycles. The Kier molecular flexibility index (Phi) is 5.21. The van der Waals surface area contributed by atoms with Crippen LogP contribution in [0.15, 0.2) is 94.3 Å². The van der Waals surface area contributed by atoms with Crippen LogP contribution in [-0.4, -0.2) is 10.9 Å². The summed E-state index contributed by atoms with van der Waals surface area (Å²) in [6, 6.07) is 27.9. The van der Waals surface area contributed by atoms with Crippen molar-refractivity contribution in [2.45, 2.75) is 10.5 Å². The third-order valence-electron chi connectivity index (χ3n) is 3.76. The summed E-state index contributed by atoms with van der Waals surface area (Å²) in [4.78, 5) is 1.14. The van der Waals surface area contributed by atoms with E-state index in [9.17, 15) is 5.11 Å². The molecule has 0 aliphatic carbocycles. The lowest BCUT2D eigenvalue weighted by molar-refractivity contribution is 0.107. The van der Waals surface area contributed by atoms with Crippen molar-refractivity contribution in [3.8, 4) is 0 Å². The Morgan fingerprint density at radius 2 is 1.22 bits per heavy atom. The number of aliphatic hydroxyl groups is 1. The van der Waals surface area contributed by atoms with Gasteiger partial charge in [0.05, 0.1) is 0 Å². The fourth-order valence-electron chi connectivity index (χ4n) is 2.48. The first kappa shape index (κ1) is 16.3. The van der Waals surface area contributed by atoms with Gasteiger partial charge >= 0.3 is 0 Å². The summed E-state index contributed by atoms with van der Waals surface area (Å²) in [5, 5.41) is 11.4. The summed E-state index contributed by atoms with van der Waals surface area (Å²) in [7, 11) is 0. The molecular formula is C20H17BrOS. The highest BCUT2D eigenvalue weighted by atomic mass is 79.9. The molecule has 0 unspecified atom stereocenters. The molecule has 0 bridgehead atoms. The second-order valence-corrected chi connectivity index (χ2v) is 7.30. The van der Waals surface area contributed by atoms with Gasteiger partial charge in [0.15, 0.2) is 0 Å². The smallest absolute Gasteiger partial charge is 0.124 e. The molecule has 3 rings (SSSR count). The maximum Gasteiger partial charge on any atom is 0.124 e. The van der Waals surface area contributed by atoms with E-state index in [4.69, 9.17) is 0 Å². The van der Waals surface area contributed by atoms with Crippen molar-refractivity contribution in [3.05, 3.63) is 101 Å². The second-order valence-electron chi connectivity index (χ2n) is 5.33. The predicted octanol–water partition coefficient (Wildman–Crippen LogP) is 5.48. The second kappa shape index (κ2) is 7.35. The number of hydrogen-bond donors (Lipinski definition) is 1. The van der Waals surface area contributed by atoms with Crippen LogP contribution < -0.4 is 0 Å². The van der Waals surface area contributed by atoms with Crippen molar-refractivity contribution in [2.24, 2.45) is 0 Å². The fourth-order valence-corrected chi connectivity index (χ4v) is 3.78. The van der Waals surface area contributed by atoms with Crippen LogP contribution in [0.2, 0.25) is 0 Å². The van der Waals surface area contributed by atoms with E-state index in [0.29, 0.717) is 5.75 Å². The van der Waals surface area contributed by atoms with E-state index in [0.717, 1.165) is 20.5 Å². The van der Waals surface area contributed by atoms with Gasteiger partial charge in [-0.15, -0.1) is 11.8 Å². The molecule has 0 aliphatic heterocycles. The number of halogens is 1. The minimum atomic E-state index is -1.01. The third kappa shape index (κ3) is 3.86. The normalized spacial score (nSPS) is 11.4. The Balaban J connectivity index is 1.91. The summed E-state index contributed by atoms with van der Waals surface area (Å²) in [6.07, 6.45) is 0. The molecule has 0 radical (unpaired) electrons. The van der Waals surface area contributed by atoms with E-state index in [1.807, 2.05) is 72.8 Å². The lowest BCUT2D eigenvalue weighted by Gasteiger charge is -2.29. The first-order chi connectivity index (χ1) is 11.2. The van der Waals surface area contributed by atoms with Crippen LogP contribution in [0.25, 0.3) is 0 Å². The largest absolute Gasteiger partial charge is 0.380 e. The molecule has 3 aromatic carbocycles. The first-order valence-corrected chi connectivity index (χ1v) is 9.18. The SMILES string of the molecule is OC(CSc1ccc(Br)cc1)(c1ccccc1)c1ccccc1. The Labute approximate surface area is 149 Å². The molecule has 0 fully saturated rings. The summed E-state index contributed by atoms with van der Waals surface area (Å²) < 4.78 is 1.06. The van der Waals surface area contributed by atoms with E-state index >= 15 is 0 Å². The van der Waals surface area contributed by atoms with Gasteiger partial charge in [0.1, 0.15) is 5.60 Å². The molecular weight excluding hydrogens is 368 g/mol. The summed E-state index contributed by atoms with van der Waals surface area (Å²) >= 11 is 5.11. The van der Waals surface area contributed by atoms with Gasteiger partial charge in [0.2, 0.25) is 0 Å². The highest BCUT2D eigenvalue weighted by molar-refractivity contribution is 9.10. The van der Waals surface area contributed by atoms with Crippen LogP contribution in [0.1, 0.15) is 11.1 Å². The molecule has 0 heterocycles. The van der Waals surface area contributed by atoms with Gasteiger partial charge in [-0.3, -0.25) is 0 Å². The van der Waals surface area contributed by atoms with Crippen LogP contribution in [0.4, 0.5) is 0 Å². The average molecular weight is 385 g/mol. The summed E-state index contributed by atoms with van der Waals surface area (Å²) in [5.41, 5.74) is 0.812. The third-order valence-corrected chi connectivity index (χ3v) is 5.46. The Morgan fingerprint density at radius 3 is 1.70 bits per heavy atom. The van der Waals surface area contributed by atoms with Crippen LogP contribution in [-0.2, 0) is 5.60 Å². The highest BCUT2D eigenvalue weighted by Crippen LogP contribution is 2.35. The van der Waals surface area contributed by atoms with E-state index in [1.54, 1.807) is 11.8 Å². The zero-order valence-electron chi connectivity index (χ0n) is 12.5. The molecule has 23 heavy (non-hydrogen) atoms. The highest BCUT2D eigenvalue weighted by Gasteiger charge is 2.31. The van der Waals surface area contributed by atoms with E-state index < -0.39 is 5.60 Å². The van der Waals surface area contributed by atoms with Gasteiger partial charge in [0.25, 0.3) is 0 Å². The van der Waals surface area contributed by atoms with Crippen molar-refractivity contribution in [1.29, 1.82) is 0 Å². The van der Waals surface area contributed by atoms with Gasteiger partial charge < -0.3 is 5.11 Å². The number of rotatable bonds is 5. The van der Waals surface area contributed by atoms with Crippen molar-refractivity contribution in [2.75, 3.05) is 5.75 Å². The van der Waals surface area contributed by atoms with Gasteiger partial charge in [-0.2, -0.15) is 0 Å². The van der Waals surface area contributed by atoms with Crippen molar-refractivity contribution in [1.82, 2.24) is 0 Å². The Morgan fingerprint density at radius 1 is 0.739 bits per heavy atom. The number of benzene rings is 3. The molecule has 0 atom stereocenters. The predicted molar refractivity (Wildman–Crippen MR) is 101 cm³/mol. The molecule has 0 saturated carbocycles. The van der Waals surface area contributed by atoms with Crippen molar-refractivity contribution < 1.29 is 5.11 Å². The number of hydrogen-bond acceptors (Lipinski definition) is 2. The zero-order valence-corrected chi connectivity index (χ0v) is 14.9. The Bertz CT molecular complexity index is 702. The molecule has 0 amide bonds.